The number of quaternary nitrogens is 1. The van der Waals surface area contributed by atoms with Gasteiger partial charge in [0.05, 0.1) is 56.2 Å². The van der Waals surface area contributed by atoms with E-state index in [9.17, 15) is 13.2 Å². The van der Waals surface area contributed by atoms with Crippen LogP contribution in [0.4, 0.5) is 4.79 Å². The summed E-state index contributed by atoms with van der Waals surface area (Å²) in [7, 11) is 1.54. The van der Waals surface area contributed by atoms with Crippen LogP contribution in [0.2, 0.25) is 0 Å². The van der Waals surface area contributed by atoms with Gasteiger partial charge in [-0.05, 0) is 177 Å². The number of benzene rings is 1. The van der Waals surface area contributed by atoms with E-state index in [1.54, 1.807) is 19.1 Å². The molecule has 0 spiro atoms. The molecule has 75 heavy (non-hydrogen) atoms. The normalized spacial score (nSPS) is 14.6. The molecule has 1 aromatic rings. The number of aryl methyl sites for hydroxylation is 1. The van der Waals surface area contributed by atoms with E-state index in [0.717, 1.165) is 64.2 Å². The van der Waals surface area contributed by atoms with Gasteiger partial charge in [-0.15, -0.1) is 12.4 Å². The maximum absolute atomic E-state index is 11.0. The summed E-state index contributed by atoms with van der Waals surface area (Å²) in [6.07, 6.45) is 18.2. The van der Waals surface area contributed by atoms with Gasteiger partial charge >= 0.3 is 6.03 Å². The van der Waals surface area contributed by atoms with Crippen LogP contribution in [0.5, 0.6) is 0 Å². The Morgan fingerprint density at radius 1 is 0.653 bits per heavy atom. The maximum atomic E-state index is 11.0. The highest BCUT2D eigenvalue weighted by atomic mass is 35.7. The lowest BCUT2D eigenvalue weighted by molar-refractivity contribution is -0.915. The van der Waals surface area contributed by atoms with Crippen molar-refractivity contribution in [2.75, 3.05) is 137 Å². The number of halogens is 2. The van der Waals surface area contributed by atoms with Crippen LogP contribution in [0.1, 0.15) is 145 Å². The molecule has 0 aliphatic carbocycles. The first-order valence-corrected chi connectivity index (χ1v) is 29.1. The molecule has 4 aliphatic heterocycles. The number of nitrogens with zero attached hydrogens (tertiary/aromatic N) is 9. The zero-order valence-corrected chi connectivity index (χ0v) is 54.5. The molecular formula is C53H114Cl2N12O4P3S+. The van der Waals surface area contributed by atoms with E-state index in [1.165, 1.54) is 172 Å². The number of likely N-dealkylation sites (tertiary alicyclic amines) is 4. The first-order chi connectivity index (χ1) is 33.8. The van der Waals surface area contributed by atoms with Gasteiger partial charge in [-0.1, -0.05) is 45.4 Å². The maximum Gasteiger partial charge on any atom is 0.314 e. The first-order valence-electron chi connectivity index (χ1n) is 26.8. The van der Waals surface area contributed by atoms with Crippen molar-refractivity contribution in [3.8, 4) is 0 Å². The number of carbonyl (C=O) groups excluding carboxylic acids is 2. The van der Waals surface area contributed by atoms with Crippen LogP contribution in [0.25, 0.3) is 0 Å². The predicted molar refractivity (Wildman–Crippen MR) is 343 cm³/mol. The van der Waals surface area contributed by atoms with Crippen molar-refractivity contribution in [3.63, 3.8) is 0 Å². The fourth-order valence-corrected chi connectivity index (χ4v) is 8.50. The zero-order chi connectivity index (χ0) is 52.4. The van der Waals surface area contributed by atoms with Gasteiger partial charge in [0.1, 0.15) is 0 Å². The molecule has 0 saturated carbocycles. The topological polar surface area (TPSA) is 190 Å². The molecule has 1 aromatic carbocycles. The molecule has 444 valence electrons. The van der Waals surface area contributed by atoms with Gasteiger partial charge in [-0.2, -0.15) is 29.7 Å². The highest BCUT2D eigenvalue weighted by Gasteiger charge is 2.29. The molecular weight excluding hydrogens is 1060 g/mol. The number of urea groups is 1. The fourth-order valence-electron chi connectivity index (χ4n) is 7.73. The Kier molecular flexibility index (Phi) is 73.3. The van der Waals surface area contributed by atoms with Gasteiger partial charge in [0.25, 0.3) is 9.05 Å². The van der Waals surface area contributed by atoms with Crippen molar-refractivity contribution < 1.29 is 22.5 Å². The summed E-state index contributed by atoms with van der Waals surface area (Å²) in [4.78, 5) is 47.0. The molecule has 0 aromatic heterocycles. The smallest absolute Gasteiger partial charge is 0.314 e. The minimum Gasteiger partial charge on any atom is -0.338 e. The van der Waals surface area contributed by atoms with Crippen molar-refractivity contribution in [2.24, 2.45) is 30.7 Å². The number of isocyanates is 1. The molecule has 4 N–H and O–H groups in total. The summed E-state index contributed by atoms with van der Waals surface area (Å²) in [6.45, 7) is 38.9. The summed E-state index contributed by atoms with van der Waals surface area (Å²) in [6, 6.07) is 11.8. The molecule has 4 heterocycles. The van der Waals surface area contributed by atoms with Crippen molar-refractivity contribution in [1.29, 1.82) is 0 Å². The highest BCUT2D eigenvalue weighted by molar-refractivity contribution is 8.13. The number of rotatable bonds is 21. The number of hydrogen-bond acceptors (Lipinski definition) is 13. The summed E-state index contributed by atoms with van der Waals surface area (Å²) in [5, 5.41) is 5.54. The van der Waals surface area contributed by atoms with E-state index in [1.807, 2.05) is 27.7 Å². The van der Waals surface area contributed by atoms with Crippen molar-refractivity contribution in [3.05, 3.63) is 29.8 Å². The summed E-state index contributed by atoms with van der Waals surface area (Å²) in [5.74, 6) is 0. The van der Waals surface area contributed by atoms with E-state index in [2.05, 4.69) is 83.1 Å². The second kappa shape index (κ2) is 63.1. The SMILES string of the molecule is C.CCC.CCN=C=NCCCN1CCCC1.CCN=C=NCCC[N+]1(CC)CCCC1.CCN=C=O.CCNC(=O)NCCCN1CCCC1.Cc1ccc(S(=O)(=O)Cl)cc1.Cl.NCCCN1CCCC1.P.P.P. The molecule has 3 atom stereocenters. The number of hydrogen-bond donors (Lipinski definition) is 3. The fraction of sp³-hybridized carbons (Fsp3) is 0.811. The van der Waals surface area contributed by atoms with Crippen LogP contribution in [-0.2, 0) is 13.8 Å². The van der Waals surface area contributed by atoms with E-state index in [0.29, 0.717) is 13.1 Å². The summed E-state index contributed by atoms with van der Waals surface area (Å²) < 4.78 is 22.7. The van der Waals surface area contributed by atoms with Gasteiger partial charge < -0.3 is 35.6 Å². The van der Waals surface area contributed by atoms with Crippen LogP contribution in [0.3, 0.4) is 0 Å². The Bertz CT molecular complexity index is 1670. The largest absolute Gasteiger partial charge is 0.338 e. The van der Waals surface area contributed by atoms with Crippen LogP contribution < -0.4 is 16.4 Å². The minimum atomic E-state index is -3.55. The Hall–Kier alpha value is -1.75. The Morgan fingerprint density at radius 3 is 1.43 bits per heavy atom. The Morgan fingerprint density at radius 2 is 1.07 bits per heavy atom. The zero-order valence-electron chi connectivity index (χ0n) is 47.9. The summed E-state index contributed by atoms with van der Waals surface area (Å²) in [5.41, 5.74) is 6.39. The third-order valence-electron chi connectivity index (χ3n) is 11.5. The second-order valence-electron chi connectivity index (χ2n) is 17.6. The molecule has 16 nitrogen and oxygen atoms in total. The monoisotopic (exact) mass is 1180 g/mol. The number of amides is 2. The van der Waals surface area contributed by atoms with Crippen LogP contribution in [-0.4, -0.2) is 189 Å². The molecule has 3 unspecified atom stereocenters. The quantitative estimate of drug-likeness (QED) is 0.0271. The second-order valence-corrected chi connectivity index (χ2v) is 20.2. The number of nitrogens with one attached hydrogen (secondary N) is 2. The minimum absolute atomic E-state index is 0. The molecule has 4 saturated heterocycles. The van der Waals surface area contributed by atoms with Crippen LogP contribution in [0, 0.1) is 6.92 Å². The third-order valence-corrected chi connectivity index (χ3v) is 12.9. The molecule has 22 heteroatoms. The summed E-state index contributed by atoms with van der Waals surface area (Å²) >= 11 is 0. The van der Waals surface area contributed by atoms with Gasteiger partial charge in [0.2, 0.25) is 6.08 Å². The molecule has 4 fully saturated rings. The third kappa shape index (κ3) is 55.4. The van der Waals surface area contributed by atoms with Gasteiger partial charge in [-0.3, -0.25) is 0 Å². The predicted octanol–water partition coefficient (Wildman–Crippen LogP) is 10.0. The van der Waals surface area contributed by atoms with Crippen LogP contribution in [0.15, 0.2) is 54.1 Å². The average Bonchev–Trinajstić information content (AvgIpc) is 4.22. The highest BCUT2D eigenvalue weighted by Crippen LogP contribution is 2.19. The van der Waals surface area contributed by atoms with E-state index in [4.69, 9.17) is 21.2 Å². The molecule has 4 aliphatic rings. The van der Waals surface area contributed by atoms with Crippen molar-refractivity contribution in [1.82, 2.24) is 25.3 Å². The Labute approximate surface area is 480 Å². The van der Waals surface area contributed by atoms with E-state index < -0.39 is 9.05 Å². The average molecular weight is 1180 g/mol. The van der Waals surface area contributed by atoms with Crippen molar-refractivity contribution >= 4 is 86.0 Å². The lowest BCUT2D eigenvalue weighted by Gasteiger charge is -2.32. The van der Waals surface area contributed by atoms with E-state index in [-0.39, 0.29) is 60.5 Å². The molecule has 0 bridgehead atoms. The first kappa shape index (κ1) is 87.1. The van der Waals surface area contributed by atoms with Crippen molar-refractivity contribution in [2.45, 2.75) is 151 Å². The lowest BCUT2D eigenvalue weighted by atomic mass is 10.2. The standard InChI is InChI=1S/C12H24N3.C10H21N3O.C10H19N3.C7H7ClO2S.C7H16N2.C3H5NO.C3H8.CH4.ClH.3H3P/c1-3-13-12-14-8-7-11-15(4-2)9-5-6-10-15;1-2-11-10(14)12-6-5-9-13-7-3-4-8-13;1-2-11-10-12-6-5-9-13-7-3-4-8-13;1-6-2-4-7(5-3-6)11(8,9)10;8-4-3-7-9-5-1-2-6-9;1-2-4-3-5;1-3-2;;;;;/h3-11H2,1-2H3;2-9H2,1H3,(H2,11,12,14);2-9H2,1H3;2-5H,1H3;1-8H2;2H2,1H3;3H2,1-2H3;1H4;1H;3*1H3/q+1;;;;;;;;;;;. The molecule has 5 rings (SSSR count). The van der Waals surface area contributed by atoms with Gasteiger partial charge in [0.15, 0.2) is 0 Å². The number of nitrogens with two attached hydrogens (primary N) is 1. The molecule has 0 radical (unpaired) electrons. The van der Waals surface area contributed by atoms with Gasteiger partial charge in [-0.25, -0.2) is 43.0 Å². The van der Waals surface area contributed by atoms with Crippen LogP contribution >= 0.6 is 52.8 Å². The number of carbonyl (C=O) groups is 1. The number of aliphatic imine (C=N–C) groups is 5. The lowest BCUT2D eigenvalue weighted by Crippen LogP contribution is -2.45. The Balaban J connectivity index is -0.000000147. The van der Waals surface area contributed by atoms with Gasteiger partial charge in [0, 0.05) is 62.7 Å². The molecule has 2 amide bonds. The van der Waals surface area contributed by atoms with E-state index >= 15 is 0 Å².